The van der Waals surface area contributed by atoms with Gasteiger partial charge in [0.1, 0.15) is 11.6 Å². The number of methoxy groups -OCH3 is 1. The van der Waals surface area contributed by atoms with Crippen LogP contribution in [0.3, 0.4) is 0 Å². The molecule has 240 valence electrons. The third-order valence-corrected chi connectivity index (χ3v) is 7.95. The number of phenolic OH excluding ortho intramolecular Hbond substituents is 1. The first-order valence-electron chi connectivity index (χ1n) is 13.4. The lowest BCUT2D eigenvalue weighted by atomic mass is 9.94. The molecule has 0 radical (unpaired) electrons. The summed E-state index contributed by atoms with van der Waals surface area (Å²) in [5, 5.41) is 11.8. The molecule has 0 aliphatic carbocycles. The summed E-state index contributed by atoms with van der Waals surface area (Å²) in [4.78, 5) is 30.7. The van der Waals surface area contributed by atoms with Gasteiger partial charge in [-0.15, -0.1) is 23.2 Å². The van der Waals surface area contributed by atoms with Crippen molar-refractivity contribution in [3.05, 3.63) is 75.3 Å². The van der Waals surface area contributed by atoms with E-state index in [4.69, 9.17) is 50.8 Å². The van der Waals surface area contributed by atoms with Crippen LogP contribution in [0.5, 0.6) is 5.75 Å². The van der Waals surface area contributed by atoms with Crippen LogP contribution in [0.4, 0.5) is 18.9 Å². The average Bonchev–Trinajstić information content (AvgIpc) is 3.46. The summed E-state index contributed by atoms with van der Waals surface area (Å²) in [6, 6.07) is 12.2. The number of halogens is 7. The van der Waals surface area contributed by atoms with Crippen molar-refractivity contribution >= 4 is 75.1 Å². The van der Waals surface area contributed by atoms with Crippen LogP contribution in [0.2, 0.25) is 10.0 Å². The summed E-state index contributed by atoms with van der Waals surface area (Å²) in [6.07, 6.45) is -5.72. The van der Waals surface area contributed by atoms with Gasteiger partial charge in [0.15, 0.2) is 11.3 Å². The molecule has 8 nitrogen and oxygen atoms in total. The van der Waals surface area contributed by atoms with Crippen LogP contribution in [-0.4, -0.2) is 66.1 Å². The minimum absolute atomic E-state index is 0.00325. The molecule has 0 aliphatic heterocycles. The molecule has 0 spiro atoms. The van der Waals surface area contributed by atoms with Gasteiger partial charge in [-0.05, 0) is 47.5 Å². The topological polar surface area (TPSA) is 105 Å². The lowest BCUT2D eigenvalue weighted by Crippen LogP contribution is -2.48. The summed E-state index contributed by atoms with van der Waals surface area (Å²) >= 11 is 24.5. The molecule has 0 saturated heterocycles. The first-order valence-corrected chi connectivity index (χ1v) is 15.2. The molecule has 1 amide bonds. The van der Waals surface area contributed by atoms with Gasteiger partial charge in [-0.1, -0.05) is 35.3 Å². The Morgan fingerprint density at radius 1 is 1.07 bits per heavy atom. The van der Waals surface area contributed by atoms with Crippen molar-refractivity contribution in [2.24, 2.45) is 0 Å². The number of benzene rings is 3. The van der Waals surface area contributed by atoms with Gasteiger partial charge in [0.25, 0.3) is 0 Å². The van der Waals surface area contributed by atoms with Crippen molar-refractivity contribution in [3.63, 3.8) is 0 Å². The van der Waals surface area contributed by atoms with Crippen LogP contribution in [-0.2, 0) is 27.2 Å². The molecule has 1 heterocycles. The third-order valence-electron chi connectivity index (χ3n) is 6.91. The number of carbonyl (C=O) groups excluding carboxylic acids is 2. The Kier molecular flexibility index (Phi) is 11.4. The van der Waals surface area contributed by atoms with E-state index in [2.05, 4.69) is 14.6 Å². The van der Waals surface area contributed by atoms with Gasteiger partial charge in [0, 0.05) is 54.5 Å². The molecule has 0 aliphatic rings. The van der Waals surface area contributed by atoms with Gasteiger partial charge < -0.3 is 24.5 Å². The highest BCUT2D eigenvalue weighted by Gasteiger charge is 2.41. The summed E-state index contributed by atoms with van der Waals surface area (Å²) < 4.78 is 49.7. The van der Waals surface area contributed by atoms with Crippen LogP contribution in [0.1, 0.15) is 16.7 Å². The molecule has 45 heavy (non-hydrogen) atoms. The van der Waals surface area contributed by atoms with Crippen molar-refractivity contribution < 1.29 is 37.0 Å². The summed E-state index contributed by atoms with van der Waals surface area (Å²) in [5.41, 5.74) is 3.53. The highest BCUT2D eigenvalue weighted by molar-refractivity contribution is 6.37. The van der Waals surface area contributed by atoms with E-state index in [1.54, 1.807) is 23.5 Å². The smallest absolute Gasteiger partial charge is 0.471 e. The van der Waals surface area contributed by atoms with Crippen LogP contribution < -0.4 is 10.2 Å². The highest BCUT2D eigenvalue weighted by Crippen LogP contribution is 2.39. The number of phenols is 1. The van der Waals surface area contributed by atoms with E-state index in [1.807, 2.05) is 24.3 Å². The SMILES string of the molecule is COC(=O)[C@H](Cc1cc(Cl)c(O)c(Cl)c1Cc1cccc2nc(-c3ccc(N(CCCl)CCCl)cc3)oc12)NC(=O)C(F)(F)F. The number of oxazole rings is 1. The molecule has 1 aromatic heterocycles. The van der Waals surface area contributed by atoms with Crippen LogP contribution in [0.15, 0.2) is 52.9 Å². The van der Waals surface area contributed by atoms with Crippen LogP contribution in [0.25, 0.3) is 22.6 Å². The number of aromatic hydroxyl groups is 1. The molecule has 2 N–H and O–H groups in total. The predicted octanol–water partition coefficient (Wildman–Crippen LogP) is 7.14. The first-order chi connectivity index (χ1) is 21.4. The number of ether oxygens (including phenoxy) is 1. The number of amides is 1. The normalized spacial score (nSPS) is 12.3. The fourth-order valence-electron chi connectivity index (χ4n) is 4.71. The highest BCUT2D eigenvalue weighted by atomic mass is 35.5. The number of nitrogens with one attached hydrogen (secondary N) is 1. The zero-order chi connectivity index (χ0) is 32.9. The molecule has 1 atom stereocenters. The Morgan fingerprint density at radius 3 is 2.33 bits per heavy atom. The zero-order valence-corrected chi connectivity index (χ0v) is 26.6. The maximum absolute atomic E-state index is 13.0. The van der Waals surface area contributed by atoms with E-state index in [1.165, 1.54) is 6.07 Å². The minimum Gasteiger partial charge on any atom is -0.505 e. The Morgan fingerprint density at radius 2 is 1.73 bits per heavy atom. The van der Waals surface area contributed by atoms with E-state index < -0.39 is 36.3 Å². The number of para-hydroxylation sites is 1. The molecular weight excluding hydrogens is 681 g/mol. The quantitative estimate of drug-likeness (QED) is 0.119. The second kappa shape index (κ2) is 14.8. The average molecular weight is 707 g/mol. The van der Waals surface area contributed by atoms with Gasteiger partial charge in [0.05, 0.1) is 17.2 Å². The van der Waals surface area contributed by atoms with E-state index in [9.17, 15) is 27.9 Å². The number of anilines is 1. The molecular formula is C30H26Cl4F3N3O5. The van der Waals surface area contributed by atoms with Crippen molar-refractivity contribution in [3.8, 4) is 17.2 Å². The maximum Gasteiger partial charge on any atom is 0.471 e. The van der Waals surface area contributed by atoms with Gasteiger partial charge in [-0.3, -0.25) is 4.79 Å². The van der Waals surface area contributed by atoms with Crippen LogP contribution in [0, 0.1) is 0 Å². The van der Waals surface area contributed by atoms with Gasteiger partial charge in [-0.2, -0.15) is 13.2 Å². The Balaban J connectivity index is 1.70. The Labute approximate surface area is 276 Å². The Bertz CT molecular complexity index is 1680. The fraction of sp³-hybridized carbons (Fsp3) is 0.300. The lowest BCUT2D eigenvalue weighted by molar-refractivity contribution is -0.175. The summed E-state index contributed by atoms with van der Waals surface area (Å²) in [6.45, 7) is 1.25. The monoisotopic (exact) mass is 705 g/mol. The number of esters is 1. The van der Waals surface area contributed by atoms with Crippen molar-refractivity contribution in [2.45, 2.75) is 25.1 Å². The second-order valence-electron chi connectivity index (χ2n) is 9.78. The summed E-state index contributed by atoms with van der Waals surface area (Å²) in [5.74, 6) is -2.71. The number of aromatic nitrogens is 1. The lowest BCUT2D eigenvalue weighted by Gasteiger charge is -2.22. The largest absolute Gasteiger partial charge is 0.505 e. The maximum atomic E-state index is 13.0. The van der Waals surface area contributed by atoms with Gasteiger partial charge >= 0.3 is 18.1 Å². The van der Waals surface area contributed by atoms with Crippen molar-refractivity contribution in [1.82, 2.24) is 10.3 Å². The molecule has 0 unspecified atom stereocenters. The molecule has 3 aromatic carbocycles. The first kappa shape index (κ1) is 34.5. The Hall–Kier alpha value is -3.38. The third kappa shape index (κ3) is 8.07. The predicted molar refractivity (Wildman–Crippen MR) is 168 cm³/mol. The standard InChI is InChI=1S/C30H26Cl4F3N3O5/c1-44-28(42)23(39-29(43)30(35,36)37)15-18-14-21(33)25(41)24(34)20(18)13-17-3-2-4-22-26(17)45-27(38-22)16-5-7-19(8-6-16)40(11-9-31)12-10-32/h2-8,14,23,41H,9-13,15H2,1H3,(H,39,43)/t23-/m0/s1. The van der Waals surface area contributed by atoms with E-state index in [-0.39, 0.29) is 27.6 Å². The van der Waals surface area contributed by atoms with Gasteiger partial charge in [0.2, 0.25) is 5.89 Å². The van der Waals surface area contributed by atoms with E-state index in [0.29, 0.717) is 53.0 Å². The second-order valence-corrected chi connectivity index (χ2v) is 11.3. The van der Waals surface area contributed by atoms with E-state index >= 15 is 0 Å². The van der Waals surface area contributed by atoms with Crippen molar-refractivity contribution in [1.29, 1.82) is 0 Å². The number of rotatable bonds is 12. The van der Waals surface area contributed by atoms with E-state index in [0.717, 1.165) is 12.8 Å². The molecule has 0 saturated carbocycles. The molecule has 0 fully saturated rings. The minimum atomic E-state index is -5.24. The molecule has 0 bridgehead atoms. The number of hydrogen-bond donors (Lipinski definition) is 2. The number of nitrogens with zero attached hydrogens (tertiary/aromatic N) is 2. The van der Waals surface area contributed by atoms with Crippen LogP contribution >= 0.6 is 46.4 Å². The van der Waals surface area contributed by atoms with Crippen molar-refractivity contribution in [2.75, 3.05) is 36.9 Å². The molecule has 15 heteroatoms. The summed E-state index contributed by atoms with van der Waals surface area (Å²) in [7, 11) is 0.971. The number of hydrogen-bond acceptors (Lipinski definition) is 7. The molecule has 4 rings (SSSR count). The zero-order valence-electron chi connectivity index (χ0n) is 23.6. The fourth-order valence-corrected chi connectivity index (χ4v) is 5.69. The number of carbonyl (C=O) groups is 2. The number of fused-ring (bicyclic) bond motifs is 1. The van der Waals surface area contributed by atoms with Gasteiger partial charge in [-0.25, -0.2) is 9.78 Å². The number of alkyl halides is 5. The molecule has 4 aromatic rings.